The maximum Gasteiger partial charge on any atom is 0.271 e. The molecule has 1 fully saturated rings. The number of carbonyl (C=O) groups excluding carboxylic acids is 3. The van der Waals surface area contributed by atoms with Crippen LogP contribution in [0.2, 0.25) is 5.02 Å². The smallest absolute Gasteiger partial charge is 0.271 e. The molecule has 2 aliphatic rings. The Bertz CT molecular complexity index is 1130. The van der Waals surface area contributed by atoms with E-state index in [0.717, 1.165) is 31.7 Å². The summed E-state index contributed by atoms with van der Waals surface area (Å²) in [6.07, 6.45) is 5.19. The highest BCUT2D eigenvalue weighted by molar-refractivity contribution is 6.31. The largest absolute Gasteiger partial charge is 0.476 e. The molecule has 0 radical (unpaired) electrons. The second kappa shape index (κ2) is 9.62. The van der Waals surface area contributed by atoms with Crippen LogP contribution < -0.4 is 20.3 Å². The van der Waals surface area contributed by atoms with Gasteiger partial charge in [-0.1, -0.05) is 30.9 Å². The molecule has 180 valence electrons. The van der Waals surface area contributed by atoms with Gasteiger partial charge in [0.05, 0.1) is 10.7 Å². The predicted octanol–water partition coefficient (Wildman–Crippen LogP) is 4.68. The minimum absolute atomic E-state index is 0.111. The summed E-state index contributed by atoms with van der Waals surface area (Å²) >= 11 is 5.79. The molecule has 3 amide bonds. The van der Waals surface area contributed by atoms with Crippen molar-refractivity contribution >= 4 is 40.7 Å². The molecule has 2 aromatic carbocycles. The molecular formula is C25H27ClFN3O4. The van der Waals surface area contributed by atoms with Crippen LogP contribution in [0.25, 0.3) is 0 Å². The van der Waals surface area contributed by atoms with Crippen molar-refractivity contribution in [2.45, 2.75) is 57.6 Å². The first-order valence-corrected chi connectivity index (χ1v) is 11.7. The van der Waals surface area contributed by atoms with Crippen molar-refractivity contribution in [2.75, 3.05) is 16.8 Å². The van der Waals surface area contributed by atoms with Gasteiger partial charge in [-0.25, -0.2) is 4.39 Å². The third kappa shape index (κ3) is 5.17. The number of rotatable bonds is 5. The molecule has 1 heterocycles. The monoisotopic (exact) mass is 487 g/mol. The van der Waals surface area contributed by atoms with Gasteiger partial charge in [-0.15, -0.1) is 0 Å². The fourth-order valence-electron chi connectivity index (χ4n) is 4.31. The van der Waals surface area contributed by atoms with Crippen molar-refractivity contribution in [1.82, 2.24) is 5.32 Å². The van der Waals surface area contributed by atoms with E-state index in [2.05, 4.69) is 10.6 Å². The van der Waals surface area contributed by atoms with Crippen LogP contribution in [-0.2, 0) is 9.59 Å². The average Bonchev–Trinajstić information content (AvgIpc) is 2.79. The first-order chi connectivity index (χ1) is 16.1. The van der Waals surface area contributed by atoms with E-state index in [0.29, 0.717) is 17.1 Å². The summed E-state index contributed by atoms with van der Waals surface area (Å²) in [4.78, 5) is 40.1. The van der Waals surface area contributed by atoms with Gasteiger partial charge in [-0.3, -0.25) is 19.3 Å². The highest BCUT2D eigenvalue weighted by Gasteiger charge is 2.42. The van der Waals surface area contributed by atoms with E-state index in [1.165, 1.54) is 29.5 Å². The first kappa shape index (κ1) is 24.0. The van der Waals surface area contributed by atoms with E-state index in [1.54, 1.807) is 26.0 Å². The van der Waals surface area contributed by atoms with Gasteiger partial charge in [0.2, 0.25) is 5.91 Å². The van der Waals surface area contributed by atoms with Crippen LogP contribution in [0.15, 0.2) is 36.4 Å². The van der Waals surface area contributed by atoms with Gasteiger partial charge in [0.1, 0.15) is 18.1 Å². The topological polar surface area (TPSA) is 87.7 Å². The van der Waals surface area contributed by atoms with E-state index >= 15 is 0 Å². The van der Waals surface area contributed by atoms with Crippen molar-refractivity contribution in [3.63, 3.8) is 0 Å². The zero-order valence-electron chi connectivity index (χ0n) is 19.1. The van der Waals surface area contributed by atoms with Crippen LogP contribution in [0.1, 0.15) is 56.3 Å². The number of halogens is 2. The Morgan fingerprint density at radius 2 is 1.88 bits per heavy atom. The van der Waals surface area contributed by atoms with E-state index in [9.17, 15) is 18.8 Å². The summed E-state index contributed by atoms with van der Waals surface area (Å²) in [6, 6.07) is 8.65. The van der Waals surface area contributed by atoms with E-state index in [4.69, 9.17) is 16.3 Å². The van der Waals surface area contributed by atoms with E-state index < -0.39 is 17.3 Å². The number of hydrogen-bond donors (Lipinski definition) is 2. The Kier molecular flexibility index (Phi) is 6.79. The summed E-state index contributed by atoms with van der Waals surface area (Å²) in [5.41, 5.74) is -0.251. The Hall–Kier alpha value is -3.13. The molecule has 1 aliphatic carbocycles. The van der Waals surface area contributed by atoms with Crippen molar-refractivity contribution in [3.05, 3.63) is 52.8 Å². The molecule has 0 spiro atoms. The number of carbonyl (C=O) groups is 3. The normalized spacial score (nSPS) is 17.5. The third-order valence-corrected chi connectivity index (χ3v) is 6.38. The molecule has 1 saturated carbocycles. The van der Waals surface area contributed by atoms with Gasteiger partial charge in [-0.05, 0) is 63.1 Å². The Morgan fingerprint density at radius 1 is 1.15 bits per heavy atom. The Labute approximate surface area is 202 Å². The van der Waals surface area contributed by atoms with E-state index in [1.807, 2.05) is 0 Å². The summed E-state index contributed by atoms with van der Waals surface area (Å²) in [6.45, 7) is 3.11. The third-order valence-electron chi connectivity index (χ3n) is 6.09. The highest BCUT2D eigenvalue weighted by Crippen LogP contribution is 2.38. The number of nitrogens with zero attached hydrogens (tertiary/aromatic N) is 1. The molecule has 9 heteroatoms. The lowest BCUT2D eigenvalue weighted by atomic mass is 9.95. The van der Waals surface area contributed by atoms with Crippen LogP contribution in [0, 0.1) is 5.82 Å². The van der Waals surface area contributed by atoms with Crippen LogP contribution >= 0.6 is 11.6 Å². The molecular weight excluding hydrogens is 461 g/mol. The SMILES string of the molecule is CC1(C)Oc2ccc(C(=O)Nc3ccc(F)c(Cl)c3)cc2N(CC(=O)NC2CCCCC2)C1=O. The maximum absolute atomic E-state index is 13.4. The molecule has 0 bridgehead atoms. The molecule has 0 unspecified atom stereocenters. The summed E-state index contributed by atoms with van der Waals surface area (Å²) in [5.74, 6) is -1.29. The lowest BCUT2D eigenvalue weighted by Gasteiger charge is -2.38. The van der Waals surface area contributed by atoms with Crippen LogP contribution in [0.3, 0.4) is 0 Å². The van der Waals surface area contributed by atoms with Gasteiger partial charge >= 0.3 is 0 Å². The lowest BCUT2D eigenvalue weighted by molar-refractivity contribution is -0.134. The van der Waals surface area contributed by atoms with Gasteiger partial charge < -0.3 is 15.4 Å². The Balaban J connectivity index is 1.56. The minimum atomic E-state index is -1.16. The van der Waals surface area contributed by atoms with Gasteiger partial charge in [0, 0.05) is 17.3 Å². The quantitative estimate of drug-likeness (QED) is 0.640. The van der Waals surface area contributed by atoms with Crippen molar-refractivity contribution < 1.29 is 23.5 Å². The highest BCUT2D eigenvalue weighted by atomic mass is 35.5. The lowest BCUT2D eigenvalue weighted by Crippen LogP contribution is -2.55. The number of ether oxygens (including phenoxy) is 1. The van der Waals surface area contributed by atoms with Gasteiger partial charge in [0.25, 0.3) is 11.8 Å². The summed E-state index contributed by atoms with van der Waals surface area (Å²) in [5, 5.41) is 5.57. The van der Waals surface area contributed by atoms with Crippen molar-refractivity contribution in [1.29, 1.82) is 0 Å². The minimum Gasteiger partial charge on any atom is -0.476 e. The molecule has 4 rings (SSSR count). The number of hydrogen-bond acceptors (Lipinski definition) is 4. The molecule has 7 nitrogen and oxygen atoms in total. The van der Waals surface area contributed by atoms with Crippen LogP contribution in [0.5, 0.6) is 5.75 Å². The van der Waals surface area contributed by atoms with Gasteiger partial charge in [0.15, 0.2) is 5.60 Å². The zero-order valence-corrected chi connectivity index (χ0v) is 19.9. The zero-order chi connectivity index (χ0) is 24.5. The second-order valence-corrected chi connectivity index (χ2v) is 9.58. The fourth-order valence-corrected chi connectivity index (χ4v) is 4.49. The number of anilines is 2. The Morgan fingerprint density at radius 3 is 2.59 bits per heavy atom. The maximum atomic E-state index is 13.4. The van der Waals surface area contributed by atoms with Crippen LogP contribution in [0.4, 0.5) is 15.8 Å². The molecule has 0 saturated heterocycles. The standard InChI is InChI=1S/C25H27ClFN3O4/c1-25(2)24(33)30(14-22(31)28-16-6-4-3-5-7-16)20-12-15(8-11-21(20)34-25)23(32)29-17-9-10-19(27)18(26)13-17/h8-13,16H,3-7,14H2,1-2H3,(H,28,31)(H,29,32). The molecule has 1 aliphatic heterocycles. The molecule has 0 aromatic heterocycles. The van der Waals surface area contributed by atoms with Crippen LogP contribution in [-0.4, -0.2) is 35.9 Å². The van der Waals surface area contributed by atoms with E-state index in [-0.39, 0.29) is 35.0 Å². The number of amides is 3. The summed E-state index contributed by atoms with van der Waals surface area (Å²) in [7, 11) is 0. The molecule has 34 heavy (non-hydrogen) atoms. The average molecular weight is 488 g/mol. The second-order valence-electron chi connectivity index (χ2n) is 9.17. The number of benzene rings is 2. The van der Waals surface area contributed by atoms with Crippen molar-refractivity contribution in [2.24, 2.45) is 0 Å². The molecule has 0 atom stereocenters. The number of fused-ring (bicyclic) bond motifs is 1. The van der Waals surface area contributed by atoms with Crippen molar-refractivity contribution in [3.8, 4) is 5.75 Å². The molecule has 2 aromatic rings. The molecule has 2 N–H and O–H groups in total. The van der Waals surface area contributed by atoms with Gasteiger partial charge in [-0.2, -0.15) is 0 Å². The predicted molar refractivity (Wildman–Crippen MR) is 128 cm³/mol. The number of nitrogens with one attached hydrogen (secondary N) is 2. The summed E-state index contributed by atoms with van der Waals surface area (Å²) < 4.78 is 19.3. The fraction of sp³-hybridized carbons (Fsp3) is 0.400. The first-order valence-electron chi connectivity index (χ1n) is 11.3.